The van der Waals surface area contributed by atoms with Gasteiger partial charge < -0.3 is 24.7 Å². The van der Waals surface area contributed by atoms with Gasteiger partial charge in [-0.1, -0.05) is 35.9 Å². The van der Waals surface area contributed by atoms with Crippen LogP contribution in [0.3, 0.4) is 0 Å². The zero-order valence-corrected chi connectivity index (χ0v) is 31.9. The number of pyridine rings is 1. The molecule has 0 unspecified atom stereocenters. The second-order valence-corrected chi connectivity index (χ2v) is 15.0. The number of aliphatic hydroxyl groups excluding tert-OH is 1. The van der Waals surface area contributed by atoms with E-state index in [2.05, 4.69) is 30.2 Å². The average Bonchev–Trinajstić information content (AvgIpc) is 3.80. The van der Waals surface area contributed by atoms with Crippen LogP contribution in [0, 0.1) is 12.8 Å². The predicted octanol–water partition coefficient (Wildman–Crippen LogP) is 8.61. The van der Waals surface area contributed by atoms with E-state index in [4.69, 9.17) is 20.8 Å². The van der Waals surface area contributed by atoms with Crippen LogP contribution >= 0.6 is 11.6 Å². The van der Waals surface area contributed by atoms with Crippen molar-refractivity contribution in [3.63, 3.8) is 0 Å². The van der Waals surface area contributed by atoms with E-state index >= 15 is 0 Å². The van der Waals surface area contributed by atoms with Gasteiger partial charge in [0.1, 0.15) is 16.8 Å². The molecule has 17 heteroatoms. The number of nitrogens with one attached hydrogen (secondary N) is 1. The number of aliphatic carboxylic acids is 1. The summed E-state index contributed by atoms with van der Waals surface area (Å²) >= 11 is 7.08. The lowest BCUT2D eigenvalue weighted by atomic mass is 9.96. The lowest BCUT2D eigenvalue weighted by Crippen LogP contribution is -2.35. The molecule has 6 aromatic rings. The predicted molar refractivity (Wildman–Crippen MR) is 208 cm³/mol. The molecule has 1 atom stereocenters. The zero-order valence-electron chi connectivity index (χ0n) is 31.1. The Kier molecular flexibility index (Phi) is 11.2. The minimum atomic E-state index is -3.08. The molecule has 0 bridgehead atoms. The molecule has 0 radical (unpaired) electrons. The number of carboxylic acids is 1. The number of anilines is 2. The molecular weight excluding hydrogens is 782 g/mol. The van der Waals surface area contributed by atoms with Crippen molar-refractivity contribution >= 4 is 51.2 Å². The number of halogens is 5. The molecule has 3 aromatic carbocycles. The molecular formula is C41H38ClF4N7O5. The molecule has 2 fully saturated rings. The Balaban J connectivity index is 1.09. The second-order valence-electron chi connectivity index (χ2n) is 14.6. The van der Waals surface area contributed by atoms with Crippen LogP contribution in [0.4, 0.5) is 29.1 Å². The summed E-state index contributed by atoms with van der Waals surface area (Å²) in [5.41, 5.74) is 5.45. The van der Waals surface area contributed by atoms with Crippen LogP contribution < -0.4 is 10.1 Å². The third-order valence-corrected chi connectivity index (χ3v) is 11.1. The smallest absolute Gasteiger partial charge is 0.387 e. The summed E-state index contributed by atoms with van der Waals surface area (Å²) in [6.07, 6.45) is -0.103. The Morgan fingerprint density at radius 3 is 2.41 bits per heavy atom. The van der Waals surface area contributed by atoms with Gasteiger partial charge in [-0.05, 0) is 80.2 Å². The quantitative estimate of drug-likeness (QED) is 0.102. The van der Waals surface area contributed by atoms with Crippen molar-refractivity contribution in [3.8, 4) is 28.3 Å². The maximum absolute atomic E-state index is 14.1. The van der Waals surface area contributed by atoms with E-state index in [0.717, 1.165) is 17.7 Å². The van der Waals surface area contributed by atoms with E-state index in [0.29, 0.717) is 89.4 Å². The van der Waals surface area contributed by atoms with Crippen LogP contribution in [0.2, 0.25) is 5.02 Å². The van der Waals surface area contributed by atoms with Gasteiger partial charge in [0.05, 0.1) is 28.1 Å². The summed E-state index contributed by atoms with van der Waals surface area (Å²) < 4.78 is 66.1. The Morgan fingerprint density at radius 1 is 0.948 bits per heavy atom. The van der Waals surface area contributed by atoms with Crippen molar-refractivity contribution in [2.24, 2.45) is 5.92 Å². The van der Waals surface area contributed by atoms with Crippen LogP contribution in [-0.4, -0.2) is 84.8 Å². The number of hydrogen-bond acceptors (Lipinski definition) is 11. The lowest BCUT2D eigenvalue weighted by Gasteiger charge is -2.30. The van der Waals surface area contributed by atoms with Gasteiger partial charge in [0.2, 0.25) is 5.89 Å². The van der Waals surface area contributed by atoms with Gasteiger partial charge in [-0.2, -0.15) is 8.78 Å². The van der Waals surface area contributed by atoms with E-state index in [1.807, 2.05) is 24.0 Å². The number of aromatic nitrogens is 4. The summed E-state index contributed by atoms with van der Waals surface area (Å²) in [6.45, 7) is 1.73. The van der Waals surface area contributed by atoms with E-state index in [9.17, 15) is 32.6 Å². The number of oxazole rings is 1. The SMILES string of the molecule is Cc1c(Nc2nc(C(F)F)nc3cc(CN4CC[C@@H](O)C4)cnc23)cccc1-c1cccc(-c2nc3cc(CN4CCC(C(=O)O)CC4)c(OC(F)F)cc3o2)c1Cl. The molecule has 58 heavy (non-hydrogen) atoms. The molecule has 2 aliphatic heterocycles. The van der Waals surface area contributed by atoms with Gasteiger partial charge in [0.25, 0.3) is 6.43 Å². The maximum Gasteiger partial charge on any atom is 0.387 e. The number of carbonyl (C=O) groups is 1. The molecule has 2 aliphatic rings. The Bertz CT molecular complexity index is 2500. The fraction of sp³-hybridized carbons (Fsp3) is 0.341. The average molecular weight is 820 g/mol. The van der Waals surface area contributed by atoms with Gasteiger partial charge in [0.15, 0.2) is 17.2 Å². The van der Waals surface area contributed by atoms with Crippen molar-refractivity contribution in [2.75, 3.05) is 31.5 Å². The van der Waals surface area contributed by atoms with E-state index in [1.54, 1.807) is 42.6 Å². The second kappa shape index (κ2) is 16.4. The Morgan fingerprint density at radius 2 is 1.69 bits per heavy atom. The van der Waals surface area contributed by atoms with Gasteiger partial charge in [-0.3, -0.25) is 19.6 Å². The number of carboxylic acid groups (broad SMARTS) is 1. The molecule has 3 aromatic heterocycles. The summed E-state index contributed by atoms with van der Waals surface area (Å²) in [6, 6.07) is 15.5. The first-order valence-corrected chi connectivity index (χ1v) is 19.1. The number of benzene rings is 3. The molecule has 12 nitrogen and oxygen atoms in total. The Labute approximate surface area is 334 Å². The third-order valence-electron chi connectivity index (χ3n) is 10.7. The molecule has 8 rings (SSSR count). The molecule has 2 saturated heterocycles. The topological polar surface area (TPSA) is 150 Å². The zero-order chi connectivity index (χ0) is 40.7. The maximum atomic E-state index is 14.1. The van der Waals surface area contributed by atoms with Crippen LogP contribution in [0.25, 0.3) is 44.7 Å². The summed E-state index contributed by atoms with van der Waals surface area (Å²) in [7, 11) is 0. The van der Waals surface area contributed by atoms with E-state index in [1.165, 1.54) is 6.07 Å². The van der Waals surface area contributed by atoms with Crippen LogP contribution in [0.15, 0.2) is 65.2 Å². The number of nitrogens with zero attached hydrogens (tertiary/aromatic N) is 6. The highest BCUT2D eigenvalue weighted by Gasteiger charge is 2.27. The molecule has 5 heterocycles. The van der Waals surface area contributed by atoms with Crippen LogP contribution in [0.5, 0.6) is 5.75 Å². The highest BCUT2D eigenvalue weighted by molar-refractivity contribution is 6.36. The standard InChI is InChI=1S/C41H38ClF4N7O5/c1-21-26(4-3-7-29(21)48-37-35-31(49-38(51-37)36(43)44)14-22(17-47-35)18-53-13-10-25(54)20-53)27-5-2-6-28(34(27)42)39-50-30-15-24(32(58-41(45)46)16-33(30)57-39)19-52-11-8-23(9-12-52)40(55)56/h2-7,14-17,23,25,36,41,54H,8-13,18-20H2,1H3,(H,55,56)(H,48,49,51)/t25-/m1/s1. The first kappa shape index (κ1) is 39.4. The minimum Gasteiger partial charge on any atom is -0.481 e. The summed E-state index contributed by atoms with van der Waals surface area (Å²) in [5.74, 6) is -1.74. The fourth-order valence-corrected chi connectivity index (χ4v) is 7.99. The minimum absolute atomic E-state index is 0.0686. The molecule has 302 valence electrons. The first-order valence-electron chi connectivity index (χ1n) is 18.7. The number of likely N-dealkylation sites (tertiary alicyclic amines) is 2. The molecule has 3 N–H and O–H groups in total. The number of ether oxygens (including phenoxy) is 1. The van der Waals surface area contributed by atoms with Crippen molar-refractivity contribution in [3.05, 3.63) is 88.3 Å². The molecule has 0 saturated carbocycles. The molecule has 0 aliphatic carbocycles. The number of rotatable bonds is 12. The summed E-state index contributed by atoms with van der Waals surface area (Å²) in [5, 5.41) is 22.8. The number of hydrogen-bond donors (Lipinski definition) is 3. The van der Waals surface area contributed by atoms with Gasteiger partial charge in [-0.15, -0.1) is 0 Å². The molecule has 0 spiro atoms. The number of piperidine rings is 1. The number of alkyl halides is 4. The fourth-order valence-electron chi connectivity index (χ4n) is 7.68. The van der Waals surface area contributed by atoms with Gasteiger partial charge in [-0.25, -0.2) is 23.7 Å². The third kappa shape index (κ3) is 8.27. The first-order chi connectivity index (χ1) is 27.9. The van der Waals surface area contributed by atoms with Gasteiger partial charge >= 0.3 is 12.6 Å². The van der Waals surface area contributed by atoms with E-state index in [-0.39, 0.29) is 35.1 Å². The number of β-amino-alcohol motifs (C(OH)–C–C–N with tert-alkyl or cyclic N) is 1. The Hall–Kier alpha value is -5.42. The van der Waals surface area contributed by atoms with Gasteiger partial charge in [0, 0.05) is 55.3 Å². The lowest BCUT2D eigenvalue weighted by molar-refractivity contribution is -0.143. The van der Waals surface area contributed by atoms with Crippen LogP contribution in [-0.2, 0) is 17.9 Å². The van der Waals surface area contributed by atoms with Crippen LogP contribution in [0.1, 0.15) is 48.2 Å². The van der Waals surface area contributed by atoms with Crippen molar-refractivity contribution in [1.82, 2.24) is 29.7 Å². The largest absolute Gasteiger partial charge is 0.481 e. The van der Waals surface area contributed by atoms with E-state index < -0.39 is 36.9 Å². The molecule has 0 amide bonds. The number of aliphatic hydroxyl groups is 1. The van der Waals surface area contributed by atoms with Crippen molar-refractivity contribution in [1.29, 1.82) is 0 Å². The summed E-state index contributed by atoms with van der Waals surface area (Å²) in [4.78, 5) is 33.0. The number of fused-ring (bicyclic) bond motifs is 2. The van der Waals surface area contributed by atoms with Crippen molar-refractivity contribution in [2.45, 2.75) is 58.4 Å². The highest BCUT2D eigenvalue weighted by Crippen LogP contribution is 2.41. The monoisotopic (exact) mass is 819 g/mol. The normalized spacial score (nSPS) is 16.9. The highest BCUT2D eigenvalue weighted by atomic mass is 35.5. The van der Waals surface area contributed by atoms with Crippen molar-refractivity contribution < 1.29 is 41.7 Å².